The Balaban J connectivity index is 2.57. The van der Waals surface area contributed by atoms with Gasteiger partial charge in [-0.1, -0.05) is 12.1 Å². The number of rotatable bonds is 9. The van der Waals surface area contributed by atoms with Crippen LogP contribution in [0.5, 0.6) is 0 Å². The van der Waals surface area contributed by atoms with Crippen molar-refractivity contribution in [2.75, 3.05) is 26.0 Å². The van der Waals surface area contributed by atoms with Gasteiger partial charge in [0.1, 0.15) is 6.04 Å². The minimum atomic E-state index is -1.21. The molecule has 0 bridgehead atoms. The van der Waals surface area contributed by atoms with Crippen LogP contribution in [0.25, 0.3) is 0 Å². The van der Waals surface area contributed by atoms with Gasteiger partial charge in [0.2, 0.25) is 5.91 Å². The molecule has 0 aliphatic carbocycles. The number of amides is 2. The highest BCUT2D eigenvalue weighted by atomic mass is 16.4. The molecule has 0 aliphatic heterocycles. The summed E-state index contributed by atoms with van der Waals surface area (Å²) in [6.07, 6.45) is 0.873. The third-order valence-electron chi connectivity index (χ3n) is 3.37. The normalized spacial score (nSPS) is 12.0. The molecule has 23 heavy (non-hydrogen) atoms. The summed E-state index contributed by atoms with van der Waals surface area (Å²) in [6.45, 7) is 0.827. The van der Waals surface area contributed by atoms with Crippen molar-refractivity contribution in [1.82, 2.24) is 10.2 Å². The van der Waals surface area contributed by atoms with Crippen LogP contribution in [0.1, 0.15) is 24.8 Å². The molecule has 1 atom stereocenters. The van der Waals surface area contributed by atoms with E-state index in [4.69, 9.17) is 10.2 Å². The lowest BCUT2D eigenvalue weighted by Crippen LogP contribution is -2.43. The third kappa shape index (κ3) is 7.62. The van der Waals surface area contributed by atoms with Crippen LogP contribution >= 0.6 is 0 Å². The first kappa shape index (κ1) is 18.9. The molecule has 1 aromatic carbocycles. The highest BCUT2D eigenvalue weighted by Gasteiger charge is 2.20. The van der Waals surface area contributed by atoms with Gasteiger partial charge >= 0.3 is 6.09 Å². The third-order valence-corrected chi connectivity index (χ3v) is 3.37. The molecule has 0 heterocycles. The van der Waals surface area contributed by atoms with Gasteiger partial charge in [-0.25, -0.2) is 4.79 Å². The highest BCUT2D eigenvalue weighted by molar-refractivity contribution is 5.96. The van der Waals surface area contributed by atoms with Gasteiger partial charge in [0, 0.05) is 5.69 Å². The standard InChI is InChI=1S/C16H25N3O4/c1-19(2)10-4-3-5-14(18-16(22)23)15(21)17-13-8-6-12(11-20)7-9-13/h6-9,14,18,20H,3-5,10-11H2,1-2H3,(H,17,21)(H,22,23)/t14-/m0/s1. The van der Waals surface area contributed by atoms with Crippen molar-refractivity contribution >= 4 is 17.7 Å². The number of hydrogen-bond acceptors (Lipinski definition) is 4. The molecule has 0 fully saturated rings. The Bertz CT molecular complexity index is 503. The van der Waals surface area contributed by atoms with Crippen LogP contribution in [0, 0.1) is 0 Å². The van der Waals surface area contributed by atoms with E-state index in [0.29, 0.717) is 12.1 Å². The number of nitrogens with one attached hydrogen (secondary N) is 2. The Labute approximate surface area is 136 Å². The maximum absolute atomic E-state index is 12.2. The molecule has 7 nitrogen and oxygen atoms in total. The minimum absolute atomic E-state index is 0.0662. The van der Waals surface area contributed by atoms with Crippen LogP contribution in [0.2, 0.25) is 0 Å². The molecule has 0 saturated heterocycles. The Kier molecular flexibility index (Phi) is 8.07. The van der Waals surface area contributed by atoms with Crippen LogP contribution in [0.3, 0.4) is 0 Å². The molecular formula is C16H25N3O4. The topological polar surface area (TPSA) is 102 Å². The lowest BCUT2D eigenvalue weighted by molar-refractivity contribution is -0.118. The summed E-state index contributed by atoms with van der Waals surface area (Å²) < 4.78 is 0. The molecule has 0 radical (unpaired) electrons. The van der Waals surface area contributed by atoms with E-state index >= 15 is 0 Å². The second kappa shape index (κ2) is 9.81. The number of carbonyl (C=O) groups excluding carboxylic acids is 1. The fourth-order valence-electron chi connectivity index (χ4n) is 2.12. The molecule has 1 aromatic rings. The van der Waals surface area contributed by atoms with Gasteiger partial charge in [-0.3, -0.25) is 4.79 Å². The molecule has 0 aliphatic rings. The van der Waals surface area contributed by atoms with Gasteiger partial charge < -0.3 is 25.7 Å². The average Bonchev–Trinajstić information content (AvgIpc) is 2.50. The van der Waals surface area contributed by atoms with Crippen LogP contribution in [-0.4, -0.2) is 53.8 Å². The predicted octanol–water partition coefficient (Wildman–Crippen LogP) is 1.49. The number of carbonyl (C=O) groups is 2. The number of benzene rings is 1. The predicted molar refractivity (Wildman–Crippen MR) is 88.3 cm³/mol. The fraction of sp³-hybridized carbons (Fsp3) is 0.500. The van der Waals surface area contributed by atoms with Crippen LogP contribution < -0.4 is 10.6 Å². The first-order valence-electron chi connectivity index (χ1n) is 7.57. The summed E-state index contributed by atoms with van der Waals surface area (Å²) in [5, 5.41) is 22.8. The van der Waals surface area contributed by atoms with Crippen molar-refractivity contribution in [2.24, 2.45) is 0 Å². The monoisotopic (exact) mass is 323 g/mol. The molecule has 2 amide bonds. The lowest BCUT2D eigenvalue weighted by atomic mass is 10.1. The summed E-state index contributed by atoms with van der Waals surface area (Å²) in [4.78, 5) is 25.1. The zero-order valence-electron chi connectivity index (χ0n) is 13.6. The van der Waals surface area contributed by atoms with E-state index in [0.717, 1.165) is 24.9 Å². The fourth-order valence-corrected chi connectivity index (χ4v) is 2.12. The number of nitrogens with zero attached hydrogens (tertiary/aromatic N) is 1. The van der Waals surface area contributed by atoms with Crippen LogP contribution in [0.4, 0.5) is 10.5 Å². The van der Waals surface area contributed by atoms with Gasteiger partial charge in [0.05, 0.1) is 6.61 Å². The van der Waals surface area contributed by atoms with Crippen molar-refractivity contribution < 1.29 is 19.8 Å². The molecule has 0 aromatic heterocycles. The van der Waals surface area contributed by atoms with Gasteiger partial charge in [-0.2, -0.15) is 0 Å². The second-order valence-electron chi connectivity index (χ2n) is 5.65. The van der Waals surface area contributed by atoms with Gasteiger partial charge in [-0.05, 0) is 57.6 Å². The summed E-state index contributed by atoms with van der Waals surface area (Å²) in [7, 11) is 3.94. The number of aliphatic hydroxyl groups excluding tert-OH is 1. The Morgan fingerprint density at radius 2 is 1.83 bits per heavy atom. The van der Waals surface area contributed by atoms with Crippen molar-refractivity contribution in [2.45, 2.75) is 31.9 Å². The smallest absolute Gasteiger partial charge is 0.405 e. The molecule has 4 N–H and O–H groups in total. The summed E-state index contributed by atoms with van der Waals surface area (Å²) in [5.74, 6) is -0.381. The van der Waals surface area contributed by atoms with Gasteiger partial charge in [0.15, 0.2) is 0 Å². The largest absolute Gasteiger partial charge is 0.465 e. The first-order valence-corrected chi connectivity index (χ1v) is 7.57. The summed E-state index contributed by atoms with van der Waals surface area (Å²) in [5.41, 5.74) is 1.31. The van der Waals surface area contributed by atoms with E-state index in [9.17, 15) is 9.59 Å². The van der Waals surface area contributed by atoms with E-state index in [2.05, 4.69) is 10.6 Å². The SMILES string of the molecule is CN(C)CCCC[C@H](NC(=O)O)C(=O)Nc1ccc(CO)cc1. The Morgan fingerprint density at radius 1 is 1.17 bits per heavy atom. The van der Waals surface area contributed by atoms with E-state index in [-0.39, 0.29) is 12.5 Å². The van der Waals surface area contributed by atoms with Crippen LogP contribution in [-0.2, 0) is 11.4 Å². The zero-order valence-corrected chi connectivity index (χ0v) is 13.6. The average molecular weight is 323 g/mol. The first-order chi connectivity index (χ1) is 10.9. The van der Waals surface area contributed by atoms with E-state index < -0.39 is 12.1 Å². The summed E-state index contributed by atoms with van der Waals surface area (Å²) in [6, 6.07) is 5.96. The van der Waals surface area contributed by atoms with Crippen molar-refractivity contribution in [3.8, 4) is 0 Å². The molecule has 0 unspecified atom stereocenters. The molecule has 0 saturated carbocycles. The maximum Gasteiger partial charge on any atom is 0.405 e. The number of unbranched alkanes of at least 4 members (excludes halogenated alkanes) is 1. The number of aliphatic hydroxyl groups is 1. The highest BCUT2D eigenvalue weighted by Crippen LogP contribution is 2.11. The molecule has 1 rings (SSSR count). The number of anilines is 1. The molecule has 7 heteroatoms. The Hall–Kier alpha value is -2.12. The molecule has 0 spiro atoms. The molecule has 128 valence electrons. The van der Waals surface area contributed by atoms with Crippen molar-refractivity contribution in [3.63, 3.8) is 0 Å². The maximum atomic E-state index is 12.2. The molecular weight excluding hydrogens is 298 g/mol. The zero-order chi connectivity index (χ0) is 17.2. The van der Waals surface area contributed by atoms with Gasteiger partial charge in [-0.15, -0.1) is 0 Å². The van der Waals surface area contributed by atoms with E-state index in [1.807, 2.05) is 19.0 Å². The second-order valence-corrected chi connectivity index (χ2v) is 5.65. The number of carboxylic acid groups (broad SMARTS) is 1. The van der Waals surface area contributed by atoms with Gasteiger partial charge in [0.25, 0.3) is 0 Å². The van der Waals surface area contributed by atoms with Crippen LogP contribution in [0.15, 0.2) is 24.3 Å². The number of hydrogen-bond donors (Lipinski definition) is 4. The van der Waals surface area contributed by atoms with Crippen molar-refractivity contribution in [3.05, 3.63) is 29.8 Å². The summed E-state index contributed by atoms with van der Waals surface area (Å²) >= 11 is 0. The quantitative estimate of drug-likeness (QED) is 0.516. The van der Waals surface area contributed by atoms with E-state index in [1.54, 1.807) is 24.3 Å². The lowest BCUT2D eigenvalue weighted by Gasteiger charge is -2.17. The minimum Gasteiger partial charge on any atom is -0.465 e. The Morgan fingerprint density at radius 3 is 2.35 bits per heavy atom. The van der Waals surface area contributed by atoms with Crippen molar-refractivity contribution in [1.29, 1.82) is 0 Å². The van der Waals surface area contributed by atoms with E-state index in [1.165, 1.54) is 0 Å².